The van der Waals surface area contributed by atoms with Gasteiger partial charge in [0.2, 0.25) is 0 Å². The summed E-state index contributed by atoms with van der Waals surface area (Å²) in [7, 11) is -3.77. The standard InChI is InChI=1S/C12H10BrFN2O2S/c13-11-6-3-9(15)7-12(11)16-19(17,18)10-4-1-8(14)2-5-10/h1-7,16H,15H2. The molecule has 0 saturated carbocycles. The summed E-state index contributed by atoms with van der Waals surface area (Å²) in [5.74, 6) is -0.496. The Morgan fingerprint density at radius 2 is 1.74 bits per heavy atom. The Labute approximate surface area is 118 Å². The van der Waals surface area contributed by atoms with E-state index in [0.717, 1.165) is 12.1 Å². The Kier molecular flexibility index (Phi) is 3.77. The number of nitrogen functional groups attached to an aromatic ring is 1. The lowest BCUT2D eigenvalue weighted by molar-refractivity contribution is 0.599. The normalized spacial score (nSPS) is 11.3. The fraction of sp³-hybridized carbons (Fsp3) is 0. The molecule has 2 aromatic rings. The number of rotatable bonds is 3. The van der Waals surface area contributed by atoms with E-state index in [1.807, 2.05) is 0 Å². The molecule has 0 aliphatic rings. The van der Waals surface area contributed by atoms with Crippen LogP contribution in [0.5, 0.6) is 0 Å². The fourth-order valence-corrected chi connectivity index (χ4v) is 2.99. The van der Waals surface area contributed by atoms with Crippen LogP contribution >= 0.6 is 15.9 Å². The lowest BCUT2D eigenvalue weighted by Gasteiger charge is -2.10. The average Bonchev–Trinajstić information content (AvgIpc) is 2.34. The van der Waals surface area contributed by atoms with Gasteiger partial charge in [-0.25, -0.2) is 12.8 Å². The van der Waals surface area contributed by atoms with Crippen LogP contribution in [0.2, 0.25) is 0 Å². The Morgan fingerprint density at radius 3 is 2.37 bits per heavy atom. The molecular formula is C12H10BrFN2O2S. The first-order valence-corrected chi connectivity index (χ1v) is 7.49. The SMILES string of the molecule is Nc1ccc(Br)c(NS(=O)(=O)c2ccc(F)cc2)c1. The minimum atomic E-state index is -3.77. The maximum atomic E-state index is 12.8. The molecule has 19 heavy (non-hydrogen) atoms. The Morgan fingerprint density at radius 1 is 1.11 bits per heavy atom. The molecule has 0 unspecified atom stereocenters. The molecule has 4 nitrogen and oxygen atoms in total. The molecule has 7 heteroatoms. The quantitative estimate of drug-likeness (QED) is 0.840. The summed E-state index contributed by atoms with van der Waals surface area (Å²) in [6, 6.07) is 9.32. The zero-order valence-corrected chi connectivity index (χ0v) is 12.0. The molecule has 2 rings (SSSR count). The first-order valence-electron chi connectivity index (χ1n) is 5.22. The summed E-state index contributed by atoms with van der Waals surface area (Å²) in [6.07, 6.45) is 0. The highest BCUT2D eigenvalue weighted by molar-refractivity contribution is 9.10. The van der Waals surface area contributed by atoms with E-state index < -0.39 is 15.8 Å². The molecule has 0 radical (unpaired) electrons. The summed E-state index contributed by atoms with van der Waals surface area (Å²) < 4.78 is 39.9. The second kappa shape index (κ2) is 5.18. The van der Waals surface area contributed by atoms with Gasteiger partial charge in [-0.3, -0.25) is 4.72 Å². The van der Waals surface area contributed by atoms with E-state index in [2.05, 4.69) is 20.7 Å². The molecule has 0 aromatic heterocycles. The largest absolute Gasteiger partial charge is 0.399 e. The van der Waals surface area contributed by atoms with Crippen LogP contribution in [0.4, 0.5) is 15.8 Å². The van der Waals surface area contributed by atoms with Crippen LogP contribution in [0.15, 0.2) is 51.8 Å². The summed E-state index contributed by atoms with van der Waals surface area (Å²) in [5, 5.41) is 0. The third kappa shape index (κ3) is 3.24. The molecular weight excluding hydrogens is 335 g/mol. The number of hydrogen-bond donors (Lipinski definition) is 2. The van der Waals surface area contributed by atoms with Gasteiger partial charge in [-0.2, -0.15) is 0 Å². The van der Waals surface area contributed by atoms with Gasteiger partial charge in [0.15, 0.2) is 0 Å². The van der Waals surface area contributed by atoms with E-state index in [9.17, 15) is 12.8 Å². The van der Waals surface area contributed by atoms with E-state index in [1.165, 1.54) is 18.2 Å². The van der Waals surface area contributed by atoms with Crippen molar-refractivity contribution in [3.05, 3.63) is 52.8 Å². The minimum absolute atomic E-state index is 0.0248. The zero-order valence-electron chi connectivity index (χ0n) is 9.60. The molecule has 0 amide bonds. The van der Waals surface area contributed by atoms with Gasteiger partial charge < -0.3 is 5.73 Å². The zero-order chi connectivity index (χ0) is 14.0. The van der Waals surface area contributed by atoms with Crippen molar-refractivity contribution in [1.82, 2.24) is 0 Å². The van der Waals surface area contributed by atoms with Crippen LogP contribution in [-0.2, 0) is 10.0 Å². The highest BCUT2D eigenvalue weighted by atomic mass is 79.9. The van der Waals surface area contributed by atoms with Gasteiger partial charge in [-0.15, -0.1) is 0 Å². The lowest BCUT2D eigenvalue weighted by Crippen LogP contribution is -2.13. The van der Waals surface area contributed by atoms with E-state index in [1.54, 1.807) is 12.1 Å². The van der Waals surface area contributed by atoms with Gasteiger partial charge in [-0.1, -0.05) is 0 Å². The van der Waals surface area contributed by atoms with Crippen molar-refractivity contribution < 1.29 is 12.8 Å². The third-order valence-corrected chi connectivity index (χ3v) is 4.43. The lowest BCUT2D eigenvalue weighted by atomic mass is 10.3. The van der Waals surface area contributed by atoms with Gasteiger partial charge >= 0.3 is 0 Å². The van der Waals surface area contributed by atoms with Crippen molar-refractivity contribution in [2.45, 2.75) is 4.90 Å². The number of halogens is 2. The Hall–Kier alpha value is -1.60. The number of anilines is 2. The predicted molar refractivity (Wildman–Crippen MR) is 75.8 cm³/mol. The van der Waals surface area contributed by atoms with Gasteiger partial charge in [0.1, 0.15) is 5.82 Å². The summed E-state index contributed by atoms with van der Waals surface area (Å²) in [6.45, 7) is 0. The van der Waals surface area contributed by atoms with Crippen molar-refractivity contribution >= 4 is 37.3 Å². The second-order valence-corrected chi connectivity index (χ2v) is 6.34. The van der Waals surface area contributed by atoms with Gasteiger partial charge in [-0.05, 0) is 58.4 Å². The van der Waals surface area contributed by atoms with Crippen molar-refractivity contribution in [1.29, 1.82) is 0 Å². The molecule has 3 N–H and O–H groups in total. The maximum Gasteiger partial charge on any atom is 0.261 e. The number of sulfonamides is 1. The van der Waals surface area contributed by atoms with Crippen LogP contribution in [0.3, 0.4) is 0 Å². The van der Waals surface area contributed by atoms with E-state index in [0.29, 0.717) is 15.8 Å². The number of benzene rings is 2. The van der Waals surface area contributed by atoms with E-state index in [-0.39, 0.29) is 4.90 Å². The summed E-state index contributed by atoms with van der Waals surface area (Å²) in [4.78, 5) is -0.0248. The molecule has 0 fully saturated rings. The van der Waals surface area contributed by atoms with Crippen LogP contribution in [0.25, 0.3) is 0 Å². The van der Waals surface area contributed by atoms with Gasteiger partial charge in [0.05, 0.1) is 10.6 Å². The number of nitrogens with one attached hydrogen (secondary N) is 1. The molecule has 0 bridgehead atoms. The molecule has 0 atom stereocenters. The smallest absolute Gasteiger partial charge is 0.261 e. The molecule has 0 spiro atoms. The highest BCUT2D eigenvalue weighted by Crippen LogP contribution is 2.27. The minimum Gasteiger partial charge on any atom is -0.399 e. The van der Waals surface area contributed by atoms with Crippen LogP contribution in [0, 0.1) is 5.82 Å². The molecule has 0 aliphatic heterocycles. The van der Waals surface area contributed by atoms with Crippen molar-refractivity contribution in [2.75, 3.05) is 10.5 Å². The molecule has 0 saturated heterocycles. The van der Waals surface area contributed by atoms with Crippen LogP contribution in [-0.4, -0.2) is 8.42 Å². The molecule has 0 heterocycles. The monoisotopic (exact) mass is 344 g/mol. The summed E-state index contributed by atoms with van der Waals surface area (Å²) in [5.41, 5.74) is 6.35. The first-order chi connectivity index (χ1) is 8.88. The molecule has 0 aliphatic carbocycles. The average molecular weight is 345 g/mol. The second-order valence-electron chi connectivity index (χ2n) is 3.80. The predicted octanol–water partition coefficient (Wildman–Crippen LogP) is 2.97. The van der Waals surface area contributed by atoms with E-state index in [4.69, 9.17) is 5.73 Å². The number of nitrogens with two attached hydrogens (primary N) is 1. The van der Waals surface area contributed by atoms with E-state index >= 15 is 0 Å². The summed E-state index contributed by atoms with van der Waals surface area (Å²) >= 11 is 3.22. The third-order valence-electron chi connectivity index (χ3n) is 2.36. The van der Waals surface area contributed by atoms with Gasteiger partial charge in [0, 0.05) is 10.2 Å². The van der Waals surface area contributed by atoms with Crippen molar-refractivity contribution in [3.63, 3.8) is 0 Å². The van der Waals surface area contributed by atoms with Crippen LogP contribution < -0.4 is 10.5 Å². The topological polar surface area (TPSA) is 72.2 Å². The Bertz CT molecular complexity index is 702. The molecule has 2 aromatic carbocycles. The fourth-order valence-electron chi connectivity index (χ4n) is 1.44. The molecule has 100 valence electrons. The van der Waals surface area contributed by atoms with Crippen molar-refractivity contribution in [2.24, 2.45) is 0 Å². The number of hydrogen-bond acceptors (Lipinski definition) is 3. The first kappa shape index (κ1) is 13.8. The maximum absolute atomic E-state index is 12.8. The Balaban J connectivity index is 2.36. The highest BCUT2D eigenvalue weighted by Gasteiger charge is 2.15. The van der Waals surface area contributed by atoms with Crippen molar-refractivity contribution in [3.8, 4) is 0 Å². The van der Waals surface area contributed by atoms with Gasteiger partial charge in [0.25, 0.3) is 10.0 Å². The van der Waals surface area contributed by atoms with Crippen LogP contribution in [0.1, 0.15) is 0 Å².